The summed E-state index contributed by atoms with van der Waals surface area (Å²) in [6.07, 6.45) is 0. The van der Waals surface area contributed by atoms with Crippen molar-refractivity contribution in [2.75, 3.05) is 0 Å². The second kappa shape index (κ2) is 17.2. The van der Waals surface area contributed by atoms with Gasteiger partial charge in [-0.15, -0.1) is 0 Å². The van der Waals surface area contributed by atoms with E-state index in [1.807, 2.05) is 0 Å². The standard InChI is InChI=1S/Ca.La.Ni.O. The van der Waals surface area contributed by atoms with Gasteiger partial charge in [0.15, 0.2) is 0 Å². The Kier molecular flexibility index (Phi) is 68.1. The summed E-state index contributed by atoms with van der Waals surface area (Å²) in [6, 6.07) is 0. The van der Waals surface area contributed by atoms with Crippen LogP contribution in [0.3, 0.4) is 0 Å². The van der Waals surface area contributed by atoms with E-state index in [-0.39, 0.29) is 73.3 Å². The third kappa shape index (κ3) is 8.83. The fourth-order valence-electron chi connectivity index (χ4n) is 0. The van der Waals surface area contributed by atoms with Crippen molar-refractivity contribution < 1.29 is 54.9 Å². The molecule has 0 aromatic heterocycles. The summed E-state index contributed by atoms with van der Waals surface area (Å²) in [5.41, 5.74) is 0. The van der Waals surface area contributed by atoms with Crippen LogP contribution in [0, 0.1) is 35.6 Å². The zero-order valence-corrected chi connectivity index (χ0v) is 8.83. The average Bonchev–Trinajstić information content (AvgIpc) is 1.00. The first-order valence-electron chi connectivity index (χ1n) is 0.129. The molecule has 0 aliphatic carbocycles. The molecule has 0 aromatic rings. The van der Waals surface area contributed by atoms with Crippen molar-refractivity contribution in [3.8, 4) is 0 Å². The molecule has 0 amide bonds. The van der Waals surface area contributed by atoms with Gasteiger partial charge in [-0.3, -0.25) is 0 Å². The van der Waals surface area contributed by atoms with Crippen LogP contribution in [0.1, 0.15) is 0 Å². The molecule has 0 heterocycles. The number of rotatable bonds is 0. The molecule has 0 fully saturated rings. The summed E-state index contributed by atoms with van der Waals surface area (Å²) >= 11 is 2.62. The SMILES string of the molecule is [Ca].[La].[O]=[Ni]. The van der Waals surface area contributed by atoms with Gasteiger partial charge in [0.2, 0.25) is 0 Å². The maximum absolute atomic E-state index is 7.88. The Morgan fingerprint density at radius 3 is 1.25 bits per heavy atom. The molecular formula is CaLaNiO. The molecule has 0 aromatic carbocycles. The summed E-state index contributed by atoms with van der Waals surface area (Å²) in [6.45, 7) is 0. The first kappa shape index (κ1) is 15.9. The van der Waals surface area contributed by atoms with E-state index in [1.165, 1.54) is 0 Å². The molecular weight excluding hydrogens is 254 g/mol. The van der Waals surface area contributed by atoms with Gasteiger partial charge in [0.05, 0.1) is 0 Å². The van der Waals surface area contributed by atoms with Crippen LogP contribution >= 0.6 is 0 Å². The van der Waals surface area contributed by atoms with Gasteiger partial charge in [-0.05, 0) is 0 Å². The van der Waals surface area contributed by atoms with Crippen LogP contribution in [-0.4, -0.2) is 37.7 Å². The molecule has 0 atom stereocenters. The van der Waals surface area contributed by atoms with E-state index in [9.17, 15) is 0 Å². The van der Waals surface area contributed by atoms with Gasteiger partial charge in [-0.2, -0.15) is 0 Å². The molecule has 0 aliphatic rings. The Hall–Kier alpha value is 2.75. The van der Waals surface area contributed by atoms with Crippen LogP contribution in [0.2, 0.25) is 0 Å². The van der Waals surface area contributed by atoms with Gasteiger partial charge in [-0.25, -0.2) is 0 Å². The van der Waals surface area contributed by atoms with Crippen molar-refractivity contribution in [1.29, 1.82) is 0 Å². The Morgan fingerprint density at radius 2 is 1.25 bits per heavy atom. The first-order chi connectivity index (χ1) is 1.00. The molecule has 0 unspecified atom stereocenters. The summed E-state index contributed by atoms with van der Waals surface area (Å²) in [4.78, 5) is 0. The van der Waals surface area contributed by atoms with Crippen molar-refractivity contribution >= 4 is 37.7 Å². The fraction of sp³-hybridized carbons (Fsp3) is 0. The zero-order valence-electron chi connectivity index (χ0n) is 2.01. The van der Waals surface area contributed by atoms with Crippen LogP contribution < -0.4 is 0 Å². The van der Waals surface area contributed by atoms with Crippen LogP contribution in [0.15, 0.2) is 0 Å². The normalized spacial score (nSPS) is 1.50. The van der Waals surface area contributed by atoms with Gasteiger partial charge in [0.1, 0.15) is 0 Å². The predicted molar refractivity (Wildman–Crippen MR) is 6.44 cm³/mol. The van der Waals surface area contributed by atoms with E-state index in [0.29, 0.717) is 0 Å². The molecule has 0 saturated carbocycles. The summed E-state index contributed by atoms with van der Waals surface area (Å²) in [5.74, 6) is 0. The van der Waals surface area contributed by atoms with Gasteiger partial charge in [0.25, 0.3) is 0 Å². The molecule has 0 aliphatic heterocycles. The number of hydrogen-bond donors (Lipinski definition) is 0. The van der Waals surface area contributed by atoms with Crippen molar-refractivity contribution in [1.82, 2.24) is 0 Å². The molecule has 0 spiro atoms. The maximum atomic E-state index is 7.88. The van der Waals surface area contributed by atoms with E-state index in [4.69, 9.17) is 3.90 Å². The van der Waals surface area contributed by atoms with E-state index in [1.54, 1.807) is 0 Å². The fourth-order valence-corrected chi connectivity index (χ4v) is 0. The van der Waals surface area contributed by atoms with E-state index in [2.05, 4.69) is 15.4 Å². The molecule has 1 nitrogen and oxygen atoms in total. The van der Waals surface area contributed by atoms with Gasteiger partial charge in [-0.1, -0.05) is 0 Å². The summed E-state index contributed by atoms with van der Waals surface area (Å²) < 4.78 is 7.88. The van der Waals surface area contributed by atoms with Crippen molar-refractivity contribution in [2.45, 2.75) is 0 Å². The van der Waals surface area contributed by atoms with Crippen LogP contribution in [-0.2, 0) is 19.3 Å². The molecule has 0 bridgehead atoms. The zero-order chi connectivity index (χ0) is 2.00. The first-order valence-corrected chi connectivity index (χ1v) is 0.532. The quantitative estimate of drug-likeness (QED) is 0.532. The summed E-state index contributed by atoms with van der Waals surface area (Å²) in [7, 11) is 0. The topological polar surface area (TPSA) is 17.1 Å². The van der Waals surface area contributed by atoms with Gasteiger partial charge >= 0.3 is 19.3 Å². The molecule has 21 valence electrons. The summed E-state index contributed by atoms with van der Waals surface area (Å²) in [5, 5.41) is 0. The predicted octanol–water partition coefficient (Wildman–Crippen LogP) is -0.502. The van der Waals surface area contributed by atoms with Crippen molar-refractivity contribution in [3.63, 3.8) is 0 Å². The van der Waals surface area contributed by atoms with E-state index < -0.39 is 0 Å². The van der Waals surface area contributed by atoms with E-state index in [0.717, 1.165) is 0 Å². The van der Waals surface area contributed by atoms with Crippen molar-refractivity contribution in [2.24, 2.45) is 0 Å². The molecule has 0 saturated heterocycles. The van der Waals surface area contributed by atoms with E-state index >= 15 is 0 Å². The van der Waals surface area contributed by atoms with Crippen LogP contribution in [0.25, 0.3) is 0 Å². The van der Waals surface area contributed by atoms with Gasteiger partial charge < -0.3 is 0 Å². The monoisotopic (exact) mass is 253 g/mol. The Balaban J connectivity index is -0.00000000500. The average molecular weight is 254 g/mol. The molecule has 4 heavy (non-hydrogen) atoms. The minimum absolute atomic E-state index is 0. The second-order valence-corrected chi connectivity index (χ2v) is 0. The number of hydrogen-bond acceptors (Lipinski definition) is 1. The van der Waals surface area contributed by atoms with Crippen LogP contribution in [0.5, 0.6) is 0 Å². The van der Waals surface area contributed by atoms with Gasteiger partial charge in [0, 0.05) is 73.3 Å². The Labute approximate surface area is 90.4 Å². The molecule has 0 N–H and O–H groups in total. The van der Waals surface area contributed by atoms with Crippen LogP contribution in [0.4, 0.5) is 0 Å². The third-order valence-corrected chi connectivity index (χ3v) is 0. The van der Waals surface area contributed by atoms with Crippen molar-refractivity contribution in [3.05, 3.63) is 0 Å². The Morgan fingerprint density at radius 1 is 1.25 bits per heavy atom. The molecule has 0 rings (SSSR count). The minimum atomic E-state index is 0. The Bertz CT molecular complexity index is 8.00. The molecule has 4 heteroatoms. The second-order valence-electron chi connectivity index (χ2n) is 0. The molecule has 3 radical (unpaired) electrons. The third-order valence-electron chi connectivity index (χ3n) is 0.